The maximum absolute atomic E-state index is 13.4. The first-order chi connectivity index (χ1) is 16.0. The molecule has 0 saturated carbocycles. The number of benzene rings is 2. The van der Waals surface area contributed by atoms with E-state index in [-0.39, 0.29) is 17.7 Å². The molecule has 0 spiro atoms. The van der Waals surface area contributed by atoms with Crippen LogP contribution in [0, 0.1) is 5.92 Å². The van der Waals surface area contributed by atoms with Gasteiger partial charge in [0.25, 0.3) is 5.91 Å². The molecule has 1 unspecified atom stereocenters. The molecule has 0 radical (unpaired) electrons. The standard InChI is InChI=1S/C25H29Cl2N3O3/c1-33-21-8-6-20(7-9-21)28-12-3-13-29(15-14-28)25(32)19-4-2-11-30(17-19)24(31)18-5-10-22(26)23(27)16-18/h5-10,16,19H,2-4,11-15,17H2,1H3. The van der Waals surface area contributed by atoms with E-state index in [0.717, 1.165) is 50.3 Å². The molecule has 6 nitrogen and oxygen atoms in total. The van der Waals surface area contributed by atoms with E-state index >= 15 is 0 Å². The second-order valence-corrected chi connectivity index (χ2v) is 9.40. The van der Waals surface area contributed by atoms with E-state index in [4.69, 9.17) is 27.9 Å². The molecule has 33 heavy (non-hydrogen) atoms. The van der Waals surface area contributed by atoms with Crippen molar-refractivity contribution < 1.29 is 14.3 Å². The number of hydrogen-bond donors (Lipinski definition) is 0. The van der Waals surface area contributed by atoms with Gasteiger partial charge in [-0.2, -0.15) is 0 Å². The lowest BCUT2D eigenvalue weighted by Crippen LogP contribution is -2.47. The fourth-order valence-corrected chi connectivity index (χ4v) is 4.92. The van der Waals surface area contributed by atoms with Gasteiger partial charge in [0.2, 0.25) is 5.91 Å². The van der Waals surface area contributed by atoms with Crippen LogP contribution in [0.4, 0.5) is 5.69 Å². The molecule has 2 aromatic carbocycles. The molecule has 176 valence electrons. The van der Waals surface area contributed by atoms with Gasteiger partial charge in [-0.05, 0) is 61.7 Å². The first-order valence-corrected chi connectivity index (χ1v) is 12.1. The molecule has 2 aliphatic heterocycles. The maximum Gasteiger partial charge on any atom is 0.253 e. The molecule has 2 heterocycles. The third kappa shape index (κ3) is 5.56. The number of ether oxygens (including phenoxy) is 1. The Morgan fingerprint density at radius 2 is 1.64 bits per heavy atom. The Kier molecular flexibility index (Phi) is 7.66. The van der Waals surface area contributed by atoms with Crippen LogP contribution >= 0.6 is 23.2 Å². The van der Waals surface area contributed by atoms with E-state index in [1.54, 1.807) is 30.2 Å². The minimum absolute atomic E-state index is 0.104. The van der Waals surface area contributed by atoms with Crippen molar-refractivity contribution in [3.05, 3.63) is 58.1 Å². The van der Waals surface area contributed by atoms with Crippen LogP contribution in [0.5, 0.6) is 5.75 Å². The molecule has 1 atom stereocenters. The van der Waals surface area contributed by atoms with Crippen molar-refractivity contribution in [1.29, 1.82) is 0 Å². The van der Waals surface area contributed by atoms with Crippen molar-refractivity contribution in [2.75, 3.05) is 51.3 Å². The Labute approximate surface area is 205 Å². The lowest BCUT2D eigenvalue weighted by atomic mass is 9.95. The van der Waals surface area contributed by atoms with Crippen LogP contribution in [0.2, 0.25) is 10.0 Å². The number of methoxy groups -OCH3 is 1. The largest absolute Gasteiger partial charge is 0.497 e. The molecular formula is C25H29Cl2N3O3. The van der Waals surface area contributed by atoms with E-state index in [2.05, 4.69) is 17.0 Å². The van der Waals surface area contributed by atoms with Gasteiger partial charge in [0.15, 0.2) is 0 Å². The molecule has 0 aromatic heterocycles. The molecule has 0 bridgehead atoms. The smallest absolute Gasteiger partial charge is 0.253 e. The van der Waals surface area contributed by atoms with E-state index in [1.165, 1.54) is 0 Å². The number of anilines is 1. The predicted molar refractivity (Wildman–Crippen MR) is 131 cm³/mol. The first kappa shape index (κ1) is 23.7. The van der Waals surface area contributed by atoms with Crippen molar-refractivity contribution in [3.8, 4) is 5.75 Å². The number of piperidine rings is 1. The highest BCUT2D eigenvalue weighted by Crippen LogP contribution is 2.26. The van der Waals surface area contributed by atoms with Crippen LogP contribution in [0.25, 0.3) is 0 Å². The molecule has 8 heteroatoms. The van der Waals surface area contributed by atoms with E-state index in [9.17, 15) is 9.59 Å². The van der Waals surface area contributed by atoms with Gasteiger partial charge in [-0.25, -0.2) is 0 Å². The van der Waals surface area contributed by atoms with Gasteiger partial charge in [-0.3, -0.25) is 9.59 Å². The molecule has 2 fully saturated rings. The first-order valence-electron chi connectivity index (χ1n) is 11.4. The van der Waals surface area contributed by atoms with Gasteiger partial charge in [-0.1, -0.05) is 23.2 Å². The van der Waals surface area contributed by atoms with Crippen LogP contribution in [0.15, 0.2) is 42.5 Å². The molecule has 2 amide bonds. The van der Waals surface area contributed by atoms with Gasteiger partial charge < -0.3 is 19.4 Å². The summed E-state index contributed by atoms with van der Waals surface area (Å²) in [4.78, 5) is 32.4. The molecular weight excluding hydrogens is 461 g/mol. The summed E-state index contributed by atoms with van der Waals surface area (Å²) in [5.41, 5.74) is 1.64. The van der Waals surface area contributed by atoms with Gasteiger partial charge in [0.05, 0.1) is 23.1 Å². The zero-order valence-electron chi connectivity index (χ0n) is 18.8. The summed E-state index contributed by atoms with van der Waals surface area (Å²) in [7, 11) is 1.66. The average Bonchev–Trinajstić information content (AvgIpc) is 3.11. The van der Waals surface area contributed by atoms with Crippen LogP contribution in [0.1, 0.15) is 29.6 Å². The number of halogens is 2. The molecule has 0 N–H and O–H groups in total. The van der Waals surface area contributed by atoms with Crippen LogP contribution in [-0.2, 0) is 4.79 Å². The van der Waals surface area contributed by atoms with Crippen molar-refractivity contribution in [2.45, 2.75) is 19.3 Å². The van der Waals surface area contributed by atoms with Gasteiger partial charge in [0, 0.05) is 50.5 Å². The van der Waals surface area contributed by atoms with Crippen LogP contribution in [-0.4, -0.2) is 68.0 Å². The Balaban J connectivity index is 1.37. The number of nitrogens with zero attached hydrogens (tertiary/aromatic N) is 3. The van der Waals surface area contributed by atoms with E-state index < -0.39 is 0 Å². The number of carbonyl (C=O) groups excluding carboxylic acids is 2. The Hall–Kier alpha value is -2.44. The highest BCUT2D eigenvalue weighted by molar-refractivity contribution is 6.42. The SMILES string of the molecule is COc1ccc(N2CCCN(C(=O)C3CCCN(C(=O)c4ccc(Cl)c(Cl)c4)C3)CC2)cc1. The molecule has 2 aliphatic rings. The van der Waals surface area contributed by atoms with Gasteiger partial charge >= 0.3 is 0 Å². The van der Waals surface area contributed by atoms with Gasteiger partial charge in [0.1, 0.15) is 5.75 Å². The van der Waals surface area contributed by atoms with Crippen molar-refractivity contribution in [2.24, 2.45) is 5.92 Å². The van der Waals surface area contributed by atoms with Crippen LogP contribution < -0.4 is 9.64 Å². The second kappa shape index (κ2) is 10.7. The number of rotatable bonds is 4. The summed E-state index contributed by atoms with van der Waals surface area (Å²) in [5.74, 6) is 0.714. The van der Waals surface area contributed by atoms with E-state index in [1.807, 2.05) is 17.0 Å². The number of likely N-dealkylation sites (tertiary alicyclic amines) is 1. The Morgan fingerprint density at radius 3 is 2.36 bits per heavy atom. The minimum Gasteiger partial charge on any atom is -0.497 e. The highest BCUT2D eigenvalue weighted by Gasteiger charge is 2.32. The molecule has 2 aromatic rings. The fraction of sp³-hybridized carbons (Fsp3) is 0.440. The molecule has 2 saturated heterocycles. The summed E-state index contributed by atoms with van der Waals surface area (Å²) in [5, 5.41) is 0.780. The summed E-state index contributed by atoms with van der Waals surface area (Å²) in [6, 6.07) is 13.0. The lowest BCUT2D eigenvalue weighted by Gasteiger charge is -2.35. The lowest BCUT2D eigenvalue weighted by molar-refractivity contribution is -0.136. The van der Waals surface area contributed by atoms with Gasteiger partial charge in [-0.15, -0.1) is 0 Å². The average molecular weight is 490 g/mol. The van der Waals surface area contributed by atoms with Crippen LogP contribution in [0.3, 0.4) is 0 Å². The zero-order chi connectivity index (χ0) is 23.4. The summed E-state index contributed by atoms with van der Waals surface area (Å²) in [6.07, 6.45) is 2.54. The Morgan fingerprint density at radius 1 is 0.879 bits per heavy atom. The van der Waals surface area contributed by atoms with E-state index in [0.29, 0.717) is 35.2 Å². The summed E-state index contributed by atoms with van der Waals surface area (Å²) >= 11 is 12.1. The van der Waals surface area contributed by atoms with Crippen molar-refractivity contribution >= 4 is 40.7 Å². The third-order valence-electron chi connectivity index (χ3n) is 6.47. The van der Waals surface area contributed by atoms with Crippen molar-refractivity contribution in [1.82, 2.24) is 9.80 Å². The third-order valence-corrected chi connectivity index (χ3v) is 7.21. The Bertz CT molecular complexity index is 999. The molecule has 0 aliphatic carbocycles. The summed E-state index contributed by atoms with van der Waals surface area (Å²) < 4.78 is 5.25. The quantitative estimate of drug-likeness (QED) is 0.629. The number of carbonyl (C=O) groups is 2. The highest BCUT2D eigenvalue weighted by atomic mass is 35.5. The monoisotopic (exact) mass is 489 g/mol. The fourth-order valence-electron chi connectivity index (χ4n) is 4.62. The minimum atomic E-state index is -0.169. The zero-order valence-corrected chi connectivity index (χ0v) is 20.3. The predicted octanol–water partition coefficient (Wildman–Crippen LogP) is 4.59. The maximum atomic E-state index is 13.4. The number of amides is 2. The second-order valence-electron chi connectivity index (χ2n) is 8.58. The molecule has 4 rings (SSSR count). The topological polar surface area (TPSA) is 53.1 Å². The summed E-state index contributed by atoms with van der Waals surface area (Å²) in [6.45, 7) is 4.20. The number of hydrogen-bond acceptors (Lipinski definition) is 4. The van der Waals surface area contributed by atoms with Crippen molar-refractivity contribution in [3.63, 3.8) is 0 Å². The normalized spacial score (nSPS) is 19.2.